The third-order valence-electron chi connectivity index (χ3n) is 4.15. The first-order chi connectivity index (χ1) is 10.4. The van der Waals surface area contributed by atoms with Crippen LogP contribution in [-0.4, -0.2) is 25.2 Å². The average molecular weight is 298 g/mol. The summed E-state index contributed by atoms with van der Waals surface area (Å²) in [5.41, 5.74) is 7.72. The minimum Gasteiger partial charge on any atom is -0.388 e. The van der Waals surface area contributed by atoms with Gasteiger partial charge in [-0.2, -0.15) is 0 Å². The lowest BCUT2D eigenvalue weighted by molar-refractivity contribution is 0.0206. The molecule has 0 saturated heterocycles. The summed E-state index contributed by atoms with van der Waals surface area (Å²) >= 11 is 0. The molecule has 5 nitrogen and oxygen atoms in total. The number of fused-ring (bicyclic) bond motifs is 3. The van der Waals surface area contributed by atoms with Crippen molar-refractivity contribution in [1.82, 2.24) is 14.5 Å². The van der Waals surface area contributed by atoms with E-state index in [4.69, 9.17) is 5.73 Å². The van der Waals surface area contributed by atoms with Gasteiger partial charge < -0.3 is 15.4 Å². The number of aromatic nitrogens is 3. The van der Waals surface area contributed by atoms with E-state index in [-0.39, 0.29) is 6.04 Å². The Morgan fingerprint density at radius 3 is 2.73 bits per heavy atom. The molecule has 1 aromatic carbocycles. The molecule has 0 radical (unpaired) electrons. The molecule has 116 valence electrons. The van der Waals surface area contributed by atoms with Gasteiger partial charge in [0.05, 0.1) is 29.0 Å². The van der Waals surface area contributed by atoms with Crippen molar-refractivity contribution in [3.05, 3.63) is 30.6 Å². The molecule has 0 fully saturated rings. The number of hydrogen-bond acceptors (Lipinski definition) is 4. The van der Waals surface area contributed by atoms with Crippen molar-refractivity contribution in [3.8, 4) is 0 Å². The molecule has 2 heterocycles. The van der Waals surface area contributed by atoms with Crippen molar-refractivity contribution in [2.75, 3.05) is 5.73 Å². The number of anilines is 1. The number of rotatable bonds is 4. The number of aliphatic hydroxyl groups is 1. The minimum absolute atomic E-state index is 0.0623. The molecule has 3 aromatic rings. The van der Waals surface area contributed by atoms with Gasteiger partial charge in [-0.1, -0.05) is 31.5 Å². The van der Waals surface area contributed by atoms with Crippen LogP contribution in [0.5, 0.6) is 0 Å². The van der Waals surface area contributed by atoms with Crippen molar-refractivity contribution in [2.45, 2.75) is 45.3 Å². The normalized spacial score (nSPS) is 13.8. The summed E-state index contributed by atoms with van der Waals surface area (Å²) in [4.78, 5) is 8.87. The fourth-order valence-corrected chi connectivity index (χ4v) is 3.11. The van der Waals surface area contributed by atoms with Gasteiger partial charge in [-0.25, -0.2) is 9.97 Å². The number of nitrogens with zero attached hydrogens (tertiary/aromatic N) is 3. The minimum atomic E-state index is -0.844. The summed E-state index contributed by atoms with van der Waals surface area (Å²) in [5.74, 6) is 0.429. The standard InChI is InChI=1S/C17H22N4O/c1-4-7-13(17(2,3)22)21-10-19-14-15(21)11-8-5-6-9-12(11)20-16(14)18/h5-6,8-10,13,22H,4,7H2,1-3H3,(H2,18,20)/t13-/m1/s1. The van der Waals surface area contributed by atoms with Crippen molar-refractivity contribution in [1.29, 1.82) is 0 Å². The molecule has 0 unspecified atom stereocenters. The zero-order chi connectivity index (χ0) is 15.9. The molecule has 0 aliphatic rings. The maximum Gasteiger partial charge on any atom is 0.152 e. The van der Waals surface area contributed by atoms with Gasteiger partial charge in [-0.05, 0) is 26.3 Å². The van der Waals surface area contributed by atoms with Crippen LogP contribution in [0.3, 0.4) is 0 Å². The van der Waals surface area contributed by atoms with Crippen LogP contribution in [0, 0.1) is 0 Å². The molecule has 3 rings (SSSR count). The van der Waals surface area contributed by atoms with Gasteiger partial charge in [0, 0.05) is 5.39 Å². The van der Waals surface area contributed by atoms with E-state index < -0.39 is 5.60 Å². The molecule has 1 atom stereocenters. The van der Waals surface area contributed by atoms with Crippen LogP contribution in [0.1, 0.15) is 39.7 Å². The van der Waals surface area contributed by atoms with Crippen molar-refractivity contribution in [3.63, 3.8) is 0 Å². The summed E-state index contributed by atoms with van der Waals surface area (Å²) in [7, 11) is 0. The van der Waals surface area contributed by atoms with E-state index in [0.717, 1.165) is 29.3 Å². The molecule has 3 N–H and O–H groups in total. The lowest BCUT2D eigenvalue weighted by Crippen LogP contribution is -2.33. The van der Waals surface area contributed by atoms with Gasteiger partial charge in [-0.15, -0.1) is 0 Å². The lowest BCUT2D eigenvalue weighted by Gasteiger charge is -2.31. The molecular weight excluding hydrogens is 276 g/mol. The highest BCUT2D eigenvalue weighted by Gasteiger charge is 2.29. The maximum absolute atomic E-state index is 10.6. The lowest BCUT2D eigenvalue weighted by atomic mass is 9.94. The highest BCUT2D eigenvalue weighted by atomic mass is 16.3. The van der Waals surface area contributed by atoms with Crippen LogP contribution in [-0.2, 0) is 0 Å². The van der Waals surface area contributed by atoms with Crippen molar-refractivity contribution < 1.29 is 5.11 Å². The van der Waals surface area contributed by atoms with Crippen LogP contribution in [0.2, 0.25) is 0 Å². The molecule has 22 heavy (non-hydrogen) atoms. The molecule has 0 amide bonds. The van der Waals surface area contributed by atoms with Crippen LogP contribution in [0.25, 0.3) is 21.9 Å². The van der Waals surface area contributed by atoms with Crippen molar-refractivity contribution in [2.24, 2.45) is 0 Å². The van der Waals surface area contributed by atoms with Gasteiger partial charge in [0.1, 0.15) is 5.52 Å². The second-order valence-corrected chi connectivity index (χ2v) is 6.32. The quantitative estimate of drug-likeness (QED) is 0.775. The Balaban J connectivity index is 2.35. The Labute approximate surface area is 129 Å². The fraction of sp³-hybridized carbons (Fsp3) is 0.412. The first kappa shape index (κ1) is 14.8. The number of benzene rings is 1. The highest BCUT2D eigenvalue weighted by Crippen LogP contribution is 2.34. The topological polar surface area (TPSA) is 77.0 Å². The van der Waals surface area contributed by atoms with Crippen LogP contribution in [0.15, 0.2) is 30.6 Å². The first-order valence-corrected chi connectivity index (χ1v) is 7.66. The summed E-state index contributed by atoms with van der Waals surface area (Å²) < 4.78 is 2.05. The summed E-state index contributed by atoms with van der Waals surface area (Å²) in [6.45, 7) is 5.80. The van der Waals surface area contributed by atoms with E-state index in [9.17, 15) is 5.11 Å². The Hall–Kier alpha value is -2.14. The third kappa shape index (κ3) is 2.31. The van der Waals surface area contributed by atoms with Gasteiger partial charge in [0.15, 0.2) is 5.82 Å². The Kier molecular flexibility index (Phi) is 3.53. The predicted molar refractivity (Wildman–Crippen MR) is 89.7 cm³/mol. The van der Waals surface area contributed by atoms with Crippen LogP contribution >= 0.6 is 0 Å². The molecule has 0 aliphatic heterocycles. The zero-order valence-electron chi connectivity index (χ0n) is 13.2. The van der Waals surface area contributed by atoms with E-state index in [2.05, 4.69) is 21.5 Å². The predicted octanol–water partition coefficient (Wildman–Crippen LogP) is 3.28. The van der Waals surface area contributed by atoms with Crippen molar-refractivity contribution >= 4 is 27.8 Å². The average Bonchev–Trinajstić information content (AvgIpc) is 2.89. The summed E-state index contributed by atoms with van der Waals surface area (Å²) in [6, 6.07) is 7.83. The van der Waals surface area contributed by atoms with Crippen LogP contribution < -0.4 is 5.73 Å². The first-order valence-electron chi connectivity index (χ1n) is 7.66. The number of imidazole rings is 1. The Morgan fingerprint density at radius 1 is 1.32 bits per heavy atom. The zero-order valence-corrected chi connectivity index (χ0v) is 13.2. The SMILES string of the molecule is CCC[C@@H](n1cnc2c(N)nc3ccccc3c21)C(C)(C)O. The molecular formula is C17H22N4O. The second-order valence-electron chi connectivity index (χ2n) is 6.32. The maximum atomic E-state index is 10.6. The molecule has 0 spiro atoms. The largest absolute Gasteiger partial charge is 0.388 e. The molecule has 2 aromatic heterocycles. The van der Waals surface area contributed by atoms with E-state index in [0.29, 0.717) is 11.3 Å². The summed E-state index contributed by atoms with van der Waals surface area (Å²) in [5, 5.41) is 11.6. The van der Waals surface area contributed by atoms with Gasteiger partial charge in [0.25, 0.3) is 0 Å². The Bertz CT molecular complexity index is 816. The second kappa shape index (κ2) is 5.25. The number of hydrogen-bond donors (Lipinski definition) is 2. The number of pyridine rings is 1. The van der Waals surface area contributed by atoms with Crippen LogP contribution in [0.4, 0.5) is 5.82 Å². The highest BCUT2D eigenvalue weighted by molar-refractivity contribution is 6.06. The van der Waals surface area contributed by atoms with Gasteiger partial charge in [-0.3, -0.25) is 0 Å². The Morgan fingerprint density at radius 2 is 2.05 bits per heavy atom. The smallest absolute Gasteiger partial charge is 0.152 e. The van der Waals surface area contributed by atoms with Gasteiger partial charge >= 0.3 is 0 Å². The number of nitrogens with two attached hydrogens (primary N) is 1. The van der Waals surface area contributed by atoms with E-state index in [1.54, 1.807) is 6.33 Å². The molecule has 0 saturated carbocycles. The van der Waals surface area contributed by atoms with Gasteiger partial charge in [0.2, 0.25) is 0 Å². The summed E-state index contributed by atoms with van der Waals surface area (Å²) in [6.07, 6.45) is 3.62. The number of nitrogen functional groups attached to an aromatic ring is 1. The third-order valence-corrected chi connectivity index (χ3v) is 4.15. The van der Waals surface area contributed by atoms with E-state index in [1.807, 2.05) is 38.1 Å². The van der Waals surface area contributed by atoms with E-state index >= 15 is 0 Å². The molecule has 0 bridgehead atoms. The monoisotopic (exact) mass is 298 g/mol. The fourth-order valence-electron chi connectivity index (χ4n) is 3.11. The molecule has 5 heteroatoms. The molecule has 0 aliphatic carbocycles. The van der Waals surface area contributed by atoms with E-state index in [1.165, 1.54) is 0 Å². The number of para-hydroxylation sites is 1.